The van der Waals surface area contributed by atoms with Crippen LogP contribution in [0.5, 0.6) is 0 Å². The highest BCUT2D eigenvalue weighted by molar-refractivity contribution is 5.38. The second-order valence-corrected chi connectivity index (χ2v) is 3.48. The maximum atomic E-state index is 12.4. The summed E-state index contributed by atoms with van der Waals surface area (Å²) in [6.07, 6.45) is -8.14. The standard InChI is InChI=1S/C10H8F6/c1-6-2-3-7(9(11,12)13)5-8(4-6)10(14,15)16/h2-3,5H,4H2,1H3. The fraction of sp³-hybridized carbons (Fsp3) is 0.400. The van der Waals surface area contributed by atoms with Gasteiger partial charge in [0.1, 0.15) is 0 Å². The van der Waals surface area contributed by atoms with Crippen LogP contribution in [-0.4, -0.2) is 12.4 Å². The molecule has 0 aromatic carbocycles. The van der Waals surface area contributed by atoms with Gasteiger partial charge >= 0.3 is 12.4 Å². The molecule has 0 unspecified atom stereocenters. The lowest BCUT2D eigenvalue weighted by Crippen LogP contribution is -2.15. The summed E-state index contributed by atoms with van der Waals surface area (Å²) in [6, 6.07) is 0. The van der Waals surface area contributed by atoms with Crippen molar-refractivity contribution in [1.82, 2.24) is 0 Å². The Morgan fingerprint density at radius 1 is 0.938 bits per heavy atom. The van der Waals surface area contributed by atoms with E-state index in [2.05, 4.69) is 0 Å². The van der Waals surface area contributed by atoms with Crippen molar-refractivity contribution in [1.29, 1.82) is 0 Å². The van der Waals surface area contributed by atoms with E-state index in [-0.39, 0.29) is 11.6 Å². The molecule has 0 saturated carbocycles. The van der Waals surface area contributed by atoms with Crippen molar-refractivity contribution >= 4 is 0 Å². The lowest BCUT2D eigenvalue weighted by Gasteiger charge is -2.12. The molecule has 0 aromatic heterocycles. The summed E-state index contributed by atoms with van der Waals surface area (Å²) in [5, 5.41) is 0. The number of allylic oxidation sites excluding steroid dienone is 6. The van der Waals surface area contributed by atoms with Crippen LogP contribution in [0.1, 0.15) is 13.3 Å². The first-order chi connectivity index (χ1) is 7.10. The first-order valence-corrected chi connectivity index (χ1v) is 4.33. The normalized spacial score (nSPS) is 18.6. The van der Waals surface area contributed by atoms with E-state index in [0.29, 0.717) is 6.08 Å². The Balaban J connectivity index is 3.20. The first kappa shape index (κ1) is 12.9. The van der Waals surface area contributed by atoms with Crippen LogP contribution in [0.2, 0.25) is 0 Å². The lowest BCUT2D eigenvalue weighted by molar-refractivity contribution is -0.0964. The highest BCUT2D eigenvalue weighted by Crippen LogP contribution is 2.36. The van der Waals surface area contributed by atoms with Crippen LogP contribution in [-0.2, 0) is 0 Å². The molecular formula is C10H8F6. The largest absolute Gasteiger partial charge is 0.416 e. The Morgan fingerprint density at radius 3 is 1.94 bits per heavy atom. The van der Waals surface area contributed by atoms with Crippen LogP contribution in [0.15, 0.2) is 34.9 Å². The van der Waals surface area contributed by atoms with Gasteiger partial charge in [0, 0.05) is 5.57 Å². The summed E-state index contributed by atoms with van der Waals surface area (Å²) in [5.41, 5.74) is -2.22. The maximum Gasteiger partial charge on any atom is 0.416 e. The molecule has 1 aliphatic rings. The van der Waals surface area contributed by atoms with Gasteiger partial charge in [0.2, 0.25) is 0 Å². The summed E-state index contributed by atoms with van der Waals surface area (Å²) >= 11 is 0. The molecule has 0 atom stereocenters. The van der Waals surface area contributed by atoms with E-state index in [9.17, 15) is 26.3 Å². The van der Waals surface area contributed by atoms with Crippen molar-refractivity contribution in [2.45, 2.75) is 25.7 Å². The van der Waals surface area contributed by atoms with E-state index in [1.54, 1.807) is 0 Å². The predicted molar refractivity (Wildman–Crippen MR) is 46.7 cm³/mol. The molecule has 0 fully saturated rings. The van der Waals surface area contributed by atoms with E-state index < -0.39 is 29.9 Å². The van der Waals surface area contributed by atoms with Crippen molar-refractivity contribution in [3.63, 3.8) is 0 Å². The Kier molecular flexibility index (Phi) is 3.21. The van der Waals surface area contributed by atoms with Gasteiger partial charge in [-0.1, -0.05) is 17.7 Å². The Bertz CT molecular complexity index is 364. The monoisotopic (exact) mass is 242 g/mol. The van der Waals surface area contributed by atoms with Crippen molar-refractivity contribution in [3.05, 3.63) is 34.9 Å². The number of halogens is 6. The minimum absolute atomic E-state index is 0.160. The molecule has 0 nitrogen and oxygen atoms in total. The van der Waals surface area contributed by atoms with Crippen molar-refractivity contribution in [3.8, 4) is 0 Å². The molecule has 90 valence electrons. The summed E-state index contributed by atoms with van der Waals surface area (Å²) in [4.78, 5) is 0. The van der Waals surface area contributed by atoms with E-state index in [4.69, 9.17) is 0 Å². The molecule has 1 aliphatic carbocycles. The van der Waals surface area contributed by atoms with Crippen LogP contribution >= 0.6 is 0 Å². The third kappa shape index (κ3) is 3.15. The van der Waals surface area contributed by atoms with Crippen LogP contribution in [0.3, 0.4) is 0 Å². The van der Waals surface area contributed by atoms with Crippen LogP contribution in [0.25, 0.3) is 0 Å². The molecule has 1 rings (SSSR count). The molecule has 16 heavy (non-hydrogen) atoms. The Hall–Kier alpha value is -1.20. The molecular weight excluding hydrogens is 234 g/mol. The van der Waals surface area contributed by atoms with Gasteiger partial charge in [0.05, 0.1) is 5.57 Å². The van der Waals surface area contributed by atoms with Gasteiger partial charge in [0.15, 0.2) is 0 Å². The van der Waals surface area contributed by atoms with Crippen LogP contribution in [0.4, 0.5) is 26.3 Å². The van der Waals surface area contributed by atoms with Crippen molar-refractivity contribution < 1.29 is 26.3 Å². The third-order valence-electron chi connectivity index (χ3n) is 2.04. The van der Waals surface area contributed by atoms with Crippen molar-refractivity contribution in [2.75, 3.05) is 0 Å². The second-order valence-electron chi connectivity index (χ2n) is 3.48. The molecule has 0 radical (unpaired) electrons. The average Bonchev–Trinajstić information content (AvgIpc) is 2.24. The van der Waals surface area contributed by atoms with Gasteiger partial charge < -0.3 is 0 Å². The molecule has 0 aromatic rings. The zero-order valence-corrected chi connectivity index (χ0v) is 8.21. The van der Waals surface area contributed by atoms with Gasteiger partial charge in [-0.05, 0) is 19.4 Å². The van der Waals surface area contributed by atoms with Gasteiger partial charge in [-0.25, -0.2) is 0 Å². The minimum atomic E-state index is -4.77. The topological polar surface area (TPSA) is 0 Å². The SMILES string of the molecule is CC1=CC=C(C(F)(F)F)C=C(C(F)(F)F)C1. The Morgan fingerprint density at radius 2 is 1.50 bits per heavy atom. The van der Waals surface area contributed by atoms with Gasteiger partial charge in [0.25, 0.3) is 0 Å². The molecule has 0 N–H and O–H groups in total. The highest BCUT2D eigenvalue weighted by Gasteiger charge is 2.38. The second kappa shape index (κ2) is 3.99. The fourth-order valence-electron chi connectivity index (χ4n) is 1.24. The zero-order valence-electron chi connectivity index (χ0n) is 8.21. The van der Waals surface area contributed by atoms with Gasteiger partial charge in [-0.3, -0.25) is 0 Å². The first-order valence-electron chi connectivity index (χ1n) is 4.33. The number of hydrogen-bond donors (Lipinski definition) is 0. The summed E-state index contributed by atoms with van der Waals surface area (Å²) in [6.45, 7) is 1.36. The highest BCUT2D eigenvalue weighted by atomic mass is 19.4. The number of hydrogen-bond acceptors (Lipinski definition) is 0. The quantitative estimate of drug-likeness (QED) is 0.555. The smallest absolute Gasteiger partial charge is 0.166 e. The summed E-state index contributed by atoms with van der Waals surface area (Å²) in [5.74, 6) is 0. The minimum Gasteiger partial charge on any atom is -0.166 e. The van der Waals surface area contributed by atoms with Gasteiger partial charge in [-0.15, -0.1) is 0 Å². The summed E-state index contributed by atoms with van der Waals surface area (Å²) in [7, 11) is 0. The van der Waals surface area contributed by atoms with Gasteiger partial charge in [-0.2, -0.15) is 26.3 Å². The molecule has 6 heteroatoms. The van der Waals surface area contributed by atoms with Crippen LogP contribution in [0, 0.1) is 0 Å². The predicted octanol–water partition coefficient (Wildman–Crippen LogP) is 4.31. The average molecular weight is 242 g/mol. The third-order valence-corrected chi connectivity index (χ3v) is 2.04. The number of rotatable bonds is 0. The molecule has 0 amide bonds. The van der Waals surface area contributed by atoms with Crippen LogP contribution < -0.4 is 0 Å². The fourth-order valence-corrected chi connectivity index (χ4v) is 1.24. The summed E-state index contributed by atoms with van der Waals surface area (Å²) < 4.78 is 74.0. The molecule has 0 bridgehead atoms. The molecule has 0 saturated heterocycles. The Labute approximate surface area is 87.9 Å². The molecule has 0 aliphatic heterocycles. The number of alkyl halides is 6. The zero-order chi connectivity index (χ0) is 12.6. The molecule has 0 heterocycles. The van der Waals surface area contributed by atoms with E-state index in [1.165, 1.54) is 6.92 Å². The van der Waals surface area contributed by atoms with E-state index >= 15 is 0 Å². The lowest BCUT2D eigenvalue weighted by atomic mass is 10.1. The molecule has 0 spiro atoms. The van der Waals surface area contributed by atoms with E-state index in [1.807, 2.05) is 0 Å². The van der Waals surface area contributed by atoms with Crippen molar-refractivity contribution in [2.24, 2.45) is 0 Å². The van der Waals surface area contributed by atoms with E-state index in [0.717, 1.165) is 6.08 Å². The maximum absolute atomic E-state index is 12.4.